The summed E-state index contributed by atoms with van der Waals surface area (Å²) in [5.41, 5.74) is 2.24. The lowest BCUT2D eigenvalue weighted by molar-refractivity contribution is -0.122. The monoisotopic (exact) mass is 481 g/mol. The summed E-state index contributed by atoms with van der Waals surface area (Å²) in [6, 6.07) is 12.9. The first-order chi connectivity index (χ1) is 14.8. The summed E-state index contributed by atoms with van der Waals surface area (Å²) in [4.78, 5) is 51.2. The van der Waals surface area contributed by atoms with Crippen LogP contribution in [0, 0.1) is 11.8 Å². The van der Waals surface area contributed by atoms with E-state index in [0.29, 0.717) is 24.1 Å². The molecule has 31 heavy (non-hydrogen) atoms. The van der Waals surface area contributed by atoms with E-state index in [4.69, 9.17) is 4.74 Å². The number of hydrogen-bond acceptors (Lipinski definition) is 5. The zero-order chi connectivity index (χ0) is 22.1. The number of hydrogen-bond donors (Lipinski definition) is 0. The van der Waals surface area contributed by atoms with Gasteiger partial charge in [-0.3, -0.25) is 19.3 Å². The molecule has 0 saturated carbocycles. The number of ketones is 1. The second-order valence-electron chi connectivity index (χ2n) is 7.77. The molecule has 4 rings (SSSR count). The molecule has 7 heteroatoms. The van der Waals surface area contributed by atoms with Crippen LogP contribution in [0.5, 0.6) is 0 Å². The SMILES string of the molecule is CC1=CC[C@@H]2C(=O)N(c3ccc(C(=O)OCC(=O)c4ccc(Br)cc4)cc3)C(=O)[C@H]2C1. The van der Waals surface area contributed by atoms with Crippen LogP contribution in [0.4, 0.5) is 5.69 Å². The topological polar surface area (TPSA) is 80.8 Å². The summed E-state index contributed by atoms with van der Waals surface area (Å²) in [5.74, 6) is -1.98. The molecule has 0 N–H and O–H groups in total. The molecule has 1 heterocycles. The van der Waals surface area contributed by atoms with Crippen molar-refractivity contribution in [1.82, 2.24) is 0 Å². The molecule has 2 atom stereocenters. The van der Waals surface area contributed by atoms with Gasteiger partial charge in [0.2, 0.25) is 11.8 Å². The van der Waals surface area contributed by atoms with Crippen molar-refractivity contribution in [3.05, 3.63) is 75.8 Å². The van der Waals surface area contributed by atoms with E-state index in [1.54, 1.807) is 36.4 Å². The highest BCUT2D eigenvalue weighted by atomic mass is 79.9. The van der Waals surface area contributed by atoms with Crippen molar-refractivity contribution in [1.29, 1.82) is 0 Å². The molecule has 1 aliphatic heterocycles. The molecular weight excluding hydrogens is 462 g/mol. The largest absolute Gasteiger partial charge is 0.454 e. The Bertz CT molecular complexity index is 1090. The van der Waals surface area contributed by atoms with Gasteiger partial charge >= 0.3 is 5.97 Å². The van der Waals surface area contributed by atoms with E-state index < -0.39 is 5.97 Å². The van der Waals surface area contributed by atoms with Gasteiger partial charge in [0, 0.05) is 10.0 Å². The van der Waals surface area contributed by atoms with Crippen molar-refractivity contribution in [3.63, 3.8) is 0 Å². The molecule has 1 aliphatic carbocycles. The molecule has 1 saturated heterocycles. The lowest BCUT2D eigenvalue weighted by Crippen LogP contribution is -2.30. The van der Waals surface area contributed by atoms with E-state index in [9.17, 15) is 19.2 Å². The number of anilines is 1. The van der Waals surface area contributed by atoms with Crippen LogP contribution in [-0.4, -0.2) is 30.2 Å². The number of carbonyl (C=O) groups is 4. The number of benzene rings is 2. The molecule has 2 aromatic carbocycles. The van der Waals surface area contributed by atoms with Crippen LogP contribution in [0.15, 0.2) is 64.7 Å². The summed E-state index contributed by atoms with van der Waals surface area (Å²) in [7, 11) is 0. The molecular formula is C24H20BrNO5. The maximum atomic E-state index is 12.8. The molecule has 6 nitrogen and oxygen atoms in total. The van der Waals surface area contributed by atoms with E-state index in [1.807, 2.05) is 13.0 Å². The number of ether oxygens (including phenoxy) is 1. The highest BCUT2D eigenvalue weighted by molar-refractivity contribution is 9.10. The molecule has 0 bridgehead atoms. The normalized spacial score (nSPS) is 20.3. The fourth-order valence-electron chi connectivity index (χ4n) is 3.97. The fraction of sp³-hybridized carbons (Fsp3) is 0.250. The predicted molar refractivity (Wildman–Crippen MR) is 118 cm³/mol. The first kappa shape index (κ1) is 21.2. The number of esters is 1. The second-order valence-corrected chi connectivity index (χ2v) is 8.68. The Morgan fingerprint density at radius 2 is 1.58 bits per heavy atom. The van der Waals surface area contributed by atoms with Crippen molar-refractivity contribution in [2.24, 2.45) is 11.8 Å². The number of halogens is 1. The summed E-state index contributed by atoms with van der Waals surface area (Å²) < 4.78 is 5.97. The summed E-state index contributed by atoms with van der Waals surface area (Å²) in [6.07, 6.45) is 3.20. The van der Waals surface area contributed by atoms with Gasteiger partial charge in [-0.25, -0.2) is 4.79 Å². The molecule has 0 radical (unpaired) electrons. The number of imide groups is 1. The van der Waals surface area contributed by atoms with Crippen LogP contribution in [-0.2, 0) is 14.3 Å². The third kappa shape index (κ3) is 4.23. The molecule has 0 aromatic heterocycles. The van der Waals surface area contributed by atoms with Crippen molar-refractivity contribution in [2.75, 3.05) is 11.5 Å². The summed E-state index contributed by atoms with van der Waals surface area (Å²) >= 11 is 3.30. The Labute approximate surface area is 188 Å². The van der Waals surface area contributed by atoms with Crippen LogP contribution in [0.1, 0.15) is 40.5 Å². The maximum Gasteiger partial charge on any atom is 0.338 e. The third-order valence-electron chi connectivity index (χ3n) is 5.68. The number of amides is 2. The van der Waals surface area contributed by atoms with Gasteiger partial charge in [0.1, 0.15) is 0 Å². The molecule has 2 amide bonds. The molecule has 0 unspecified atom stereocenters. The minimum absolute atomic E-state index is 0.196. The van der Waals surface area contributed by atoms with E-state index >= 15 is 0 Å². The number of Topliss-reactive ketones (excluding diaryl/α,β-unsaturated/α-hetero) is 1. The Morgan fingerprint density at radius 1 is 0.968 bits per heavy atom. The van der Waals surface area contributed by atoms with Crippen molar-refractivity contribution in [3.8, 4) is 0 Å². The van der Waals surface area contributed by atoms with Gasteiger partial charge in [0.05, 0.1) is 23.1 Å². The highest BCUT2D eigenvalue weighted by Gasteiger charge is 2.48. The van der Waals surface area contributed by atoms with Gasteiger partial charge in [0.15, 0.2) is 12.4 Å². The van der Waals surface area contributed by atoms with E-state index in [0.717, 1.165) is 10.0 Å². The van der Waals surface area contributed by atoms with Crippen molar-refractivity contribution >= 4 is 45.2 Å². The lowest BCUT2D eigenvalue weighted by atomic mass is 9.82. The quantitative estimate of drug-likeness (QED) is 0.274. The molecule has 2 aromatic rings. The molecule has 0 spiro atoms. The standard InChI is InChI=1S/C24H20BrNO5/c1-14-2-11-19-20(12-14)23(29)26(22(19)28)18-9-5-16(6-10-18)24(30)31-13-21(27)15-3-7-17(25)8-4-15/h2-10,19-20H,11-13H2,1H3/t19-,20-/m0/s1. The average molecular weight is 482 g/mol. The predicted octanol–water partition coefficient (Wildman–Crippen LogP) is 4.33. The lowest BCUT2D eigenvalue weighted by Gasteiger charge is -2.18. The van der Waals surface area contributed by atoms with Crippen LogP contribution >= 0.6 is 15.9 Å². The van der Waals surface area contributed by atoms with E-state index in [-0.39, 0.29) is 41.6 Å². The first-order valence-corrected chi connectivity index (χ1v) is 10.7. The number of carbonyl (C=O) groups excluding carboxylic acids is 4. The number of allylic oxidation sites excluding steroid dienone is 2. The Balaban J connectivity index is 1.40. The minimum Gasteiger partial charge on any atom is -0.454 e. The second kappa shape index (κ2) is 8.59. The summed E-state index contributed by atoms with van der Waals surface area (Å²) in [6.45, 7) is 1.60. The fourth-order valence-corrected chi connectivity index (χ4v) is 4.24. The zero-order valence-electron chi connectivity index (χ0n) is 16.8. The Kier molecular flexibility index (Phi) is 5.87. The maximum absolute atomic E-state index is 12.8. The zero-order valence-corrected chi connectivity index (χ0v) is 18.4. The third-order valence-corrected chi connectivity index (χ3v) is 6.21. The van der Waals surface area contributed by atoms with Crippen LogP contribution in [0.2, 0.25) is 0 Å². The first-order valence-electron chi connectivity index (χ1n) is 9.94. The van der Waals surface area contributed by atoms with E-state index in [2.05, 4.69) is 15.9 Å². The Hall–Kier alpha value is -3.06. The molecule has 158 valence electrons. The van der Waals surface area contributed by atoms with Crippen LogP contribution < -0.4 is 4.90 Å². The number of fused-ring (bicyclic) bond motifs is 1. The van der Waals surface area contributed by atoms with Gasteiger partial charge in [-0.15, -0.1) is 0 Å². The number of nitrogens with zero attached hydrogens (tertiary/aromatic N) is 1. The average Bonchev–Trinajstić information content (AvgIpc) is 3.02. The smallest absolute Gasteiger partial charge is 0.338 e. The molecule has 1 fully saturated rings. The summed E-state index contributed by atoms with van der Waals surface area (Å²) in [5, 5.41) is 0. The minimum atomic E-state index is -0.649. The van der Waals surface area contributed by atoms with Gasteiger partial charge in [0.25, 0.3) is 0 Å². The van der Waals surface area contributed by atoms with E-state index in [1.165, 1.54) is 17.0 Å². The van der Waals surface area contributed by atoms with Crippen molar-refractivity contribution in [2.45, 2.75) is 19.8 Å². The van der Waals surface area contributed by atoms with Gasteiger partial charge in [-0.1, -0.05) is 39.7 Å². The molecule has 2 aliphatic rings. The van der Waals surface area contributed by atoms with Crippen molar-refractivity contribution < 1.29 is 23.9 Å². The van der Waals surface area contributed by atoms with Gasteiger partial charge in [-0.05, 0) is 56.2 Å². The van der Waals surface area contributed by atoms with Crippen LogP contribution in [0.25, 0.3) is 0 Å². The highest BCUT2D eigenvalue weighted by Crippen LogP contribution is 2.39. The Morgan fingerprint density at radius 3 is 2.26 bits per heavy atom. The van der Waals surface area contributed by atoms with Gasteiger partial charge in [-0.2, -0.15) is 0 Å². The van der Waals surface area contributed by atoms with Crippen LogP contribution in [0.3, 0.4) is 0 Å². The van der Waals surface area contributed by atoms with Gasteiger partial charge < -0.3 is 4.74 Å². The number of rotatable bonds is 5.